The number of amides is 1. The third-order valence-corrected chi connectivity index (χ3v) is 4.09. The van der Waals surface area contributed by atoms with Crippen molar-refractivity contribution < 1.29 is 9.52 Å². The van der Waals surface area contributed by atoms with Crippen molar-refractivity contribution in [1.82, 2.24) is 5.32 Å². The number of hydrogen-bond donors (Lipinski definition) is 1. The molecule has 0 aliphatic carbocycles. The van der Waals surface area contributed by atoms with Gasteiger partial charge in [0.1, 0.15) is 6.54 Å². The third-order valence-electron chi connectivity index (χ3n) is 3.65. The van der Waals surface area contributed by atoms with Crippen LogP contribution in [-0.4, -0.2) is 5.91 Å². The van der Waals surface area contributed by atoms with Crippen LogP contribution in [-0.2, 0) is 6.54 Å². The van der Waals surface area contributed by atoms with E-state index < -0.39 is 0 Å². The molecule has 3 aromatic rings. The van der Waals surface area contributed by atoms with Gasteiger partial charge in [-0.3, -0.25) is 4.79 Å². The van der Waals surface area contributed by atoms with Crippen LogP contribution in [0.1, 0.15) is 16.1 Å². The van der Waals surface area contributed by atoms with Crippen molar-refractivity contribution in [2.24, 2.45) is 0 Å². The topological polar surface area (TPSA) is 56.0 Å². The van der Waals surface area contributed by atoms with Gasteiger partial charge < -0.3 is 10.5 Å². The standard InChI is InChI=1S/C19H14Cl2N2O2/c20-16-9-15(10-17(21)11-16)13-4-3-5-14(8-13)19(24)22-12-18-6-1-2-7-23(18)25/h1-11H,12H2,(H,22,24). The second-order valence-electron chi connectivity index (χ2n) is 5.44. The zero-order valence-electron chi connectivity index (χ0n) is 13.1. The molecule has 0 saturated carbocycles. The van der Waals surface area contributed by atoms with Gasteiger partial charge in [-0.2, -0.15) is 4.73 Å². The summed E-state index contributed by atoms with van der Waals surface area (Å²) >= 11 is 12.1. The summed E-state index contributed by atoms with van der Waals surface area (Å²) in [6.07, 6.45) is 1.39. The van der Waals surface area contributed by atoms with Gasteiger partial charge in [-0.05, 0) is 47.5 Å². The summed E-state index contributed by atoms with van der Waals surface area (Å²) in [4.78, 5) is 12.4. The van der Waals surface area contributed by atoms with E-state index in [0.29, 0.717) is 21.3 Å². The number of carbonyl (C=O) groups excluding carboxylic acids is 1. The number of benzene rings is 2. The Kier molecular flexibility index (Phi) is 5.22. The van der Waals surface area contributed by atoms with Gasteiger partial charge in [-0.25, -0.2) is 0 Å². The highest BCUT2D eigenvalue weighted by molar-refractivity contribution is 6.35. The Balaban J connectivity index is 1.79. The lowest BCUT2D eigenvalue weighted by atomic mass is 10.0. The molecular weight excluding hydrogens is 359 g/mol. The summed E-state index contributed by atoms with van der Waals surface area (Å²) in [6.45, 7) is 0.149. The first kappa shape index (κ1) is 17.3. The van der Waals surface area contributed by atoms with Crippen LogP contribution in [0, 0.1) is 5.21 Å². The van der Waals surface area contributed by atoms with Crippen molar-refractivity contribution >= 4 is 29.1 Å². The second kappa shape index (κ2) is 7.55. The maximum Gasteiger partial charge on any atom is 0.251 e. The van der Waals surface area contributed by atoms with Gasteiger partial charge in [0, 0.05) is 27.7 Å². The van der Waals surface area contributed by atoms with Crippen molar-refractivity contribution in [3.05, 3.63) is 93.4 Å². The SMILES string of the molecule is O=C(NCc1cccc[n+]1[O-])c1cccc(-c2cc(Cl)cc(Cl)c2)c1. The fourth-order valence-electron chi connectivity index (χ4n) is 2.43. The zero-order valence-corrected chi connectivity index (χ0v) is 14.6. The molecule has 0 radical (unpaired) electrons. The average Bonchev–Trinajstić information content (AvgIpc) is 2.60. The number of rotatable bonds is 4. The van der Waals surface area contributed by atoms with Crippen molar-refractivity contribution in [1.29, 1.82) is 0 Å². The molecule has 0 spiro atoms. The molecule has 0 saturated heterocycles. The molecule has 1 aromatic heterocycles. The third kappa shape index (κ3) is 4.29. The fourth-order valence-corrected chi connectivity index (χ4v) is 2.96. The molecule has 4 nitrogen and oxygen atoms in total. The van der Waals surface area contributed by atoms with Crippen LogP contribution in [0.25, 0.3) is 11.1 Å². The molecule has 3 rings (SSSR count). The van der Waals surface area contributed by atoms with Crippen LogP contribution in [0.5, 0.6) is 0 Å². The van der Waals surface area contributed by atoms with Gasteiger partial charge in [-0.15, -0.1) is 0 Å². The smallest absolute Gasteiger partial charge is 0.251 e. The van der Waals surface area contributed by atoms with Gasteiger partial charge in [-0.1, -0.05) is 35.3 Å². The van der Waals surface area contributed by atoms with E-state index in [9.17, 15) is 10.0 Å². The molecular formula is C19H14Cl2N2O2. The van der Waals surface area contributed by atoms with Gasteiger partial charge >= 0.3 is 0 Å². The molecule has 0 atom stereocenters. The molecule has 0 fully saturated rings. The van der Waals surface area contributed by atoms with Crippen LogP contribution in [0.4, 0.5) is 0 Å². The Morgan fingerprint density at radius 2 is 1.72 bits per heavy atom. The maximum absolute atomic E-state index is 12.4. The van der Waals surface area contributed by atoms with Gasteiger partial charge in [0.2, 0.25) is 5.69 Å². The summed E-state index contributed by atoms with van der Waals surface area (Å²) in [5, 5.41) is 15.4. The predicted octanol–water partition coefficient (Wildman–Crippen LogP) is 4.22. The molecule has 0 unspecified atom stereocenters. The van der Waals surface area contributed by atoms with Gasteiger partial charge in [0.05, 0.1) is 0 Å². The second-order valence-corrected chi connectivity index (χ2v) is 6.31. The molecule has 6 heteroatoms. The molecule has 1 N–H and O–H groups in total. The van der Waals surface area contributed by atoms with Crippen molar-refractivity contribution in [2.75, 3.05) is 0 Å². The Morgan fingerprint density at radius 1 is 0.960 bits per heavy atom. The quantitative estimate of drug-likeness (QED) is 0.550. The highest BCUT2D eigenvalue weighted by Crippen LogP contribution is 2.27. The molecule has 1 heterocycles. The Hall–Kier alpha value is -2.56. The van der Waals surface area contributed by atoms with Crippen molar-refractivity contribution in [3.63, 3.8) is 0 Å². The minimum Gasteiger partial charge on any atom is -0.618 e. The fraction of sp³-hybridized carbons (Fsp3) is 0.0526. The molecule has 1 amide bonds. The molecule has 0 bridgehead atoms. The first-order chi connectivity index (χ1) is 12.0. The monoisotopic (exact) mass is 372 g/mol. The van der Waals surface area contributed by atoms with E-state index in [-0.39, 0.29) is 12.5 Å². The Labute approximate surface area is 155 Å². The van der Waals surface area contributed by atoms with Crippen LogP contribution in [0.15, 0.2) is 66.9 Å². The summed E-state index contributed by atoms with van der Waals surface area (Å²) in [5.41, 5.74) is 2.61. The summed E-state index contributed by atoms with van der Waals surface area (Å²) in [5.74, 6) is -0.265. The first-order valence-electron chi connectivity index (χ1n) is 7.55. The Bertz CT molecular complexity index is 909. The lowest BCUT2D eigenvalue weighted by Gasteiger charge is -2.08. The molecule has 126 valence electrons. The van der Waals surface area contributed by atoms with E-state index in [2.05, 4.69) is 5.32 Å². The number of nitrogens with one attached hydrogen (secondary N) is 1. The van der Waals surface area contributed by atoms with E-state index in [1.54, 1.807) is 54.6 Å². The highest BCUT2D eigenvalue weighted by atomic mass is 35.5. The van der Waals surface area contributed by atoms with Gasteiger partial charge in [0.15, 0.2) is 6.20 Å². The lowest BCUT2D eigenvalue weighted by molar-refractivity contribution is -0.614. The van der Waals surface area contributed by atoms with E-state index in [1.807, 2.05) is 6.07 Å². The minimum absolute atomic E-state index is 0.149. The number of hydrogen-bond acceptors (Lipinski definition) is 2. The van der Waals surface area contributed by atoms with Crippen molar-refractivity contribution in [2.45, 2.75) is 6.54 Å². The molecule has 0 aliphatic rings. The van der Waals surface area contributed by atoms with E-state index >= 15 is 0 Å². The number of pyridine rings is 1. The number of halogens is 2. The molecule has 2 aromatic carbocycles. The molecule has 0 aliphatic heterocycles. The predicted molar refractivity (Wildman–Crippen MR) is 98.5 cm³/mol. The van der Waals surface area contributed by atoms with Crippen LogP contribution in [0.3, 0.4) is 0 Å². The van der Waals surface area contributed by atoms with E-state index in [0.717, 1.165) is 15.9 Å². The van der Waals surface area contributed by atoms with Crippen LogP contribution >= 0.6 is 23.2 Å². The van der Waals surface area contributed by atoms with E-state index in [1.165, 1.54) is 6.20 Å². The number of carbonyl (C=O) groups is 1. The summed E-state index contributed by atoms with van der Waals surface area (Å²) < 4.78 is 0.727. The zero-order chi connectivity index (χ0) is 17.8. The minimum atomic E-state index is -0.265. The Morgan fingerprint density at radius 3 is 2.44 bits per heavy atom. The van der Waals surface area contributed by atoms with Crippen molar-refractivity contribution in [3.8, 4) is 11.1 Å². The lowest BCUT2D eigenvalue weighted by Crippen LogP contribution is -2.35. The molecule has 25 heavy (non-hydrogen) atoms. The first-order valence-corrected chi connectivity index (χ1v) is 8.30. The number of nitrogens with zero attached hydrogens (tertiary/aromatic N) is 1. The summed E-state index contributed by atoms with van der Waals surface area (Å²) in [6, 6.07) is 17.4. The average molecular weight is 373 g/mol. The highest BCUT2D eigenvalue weighted by Gasteiger charge is 2.10. The largest absolute Gasteiger partial charge is 0.618 e. The summed E-state index contributed by atoms with van der Waals surface area (Å²) in [7, 11) is 0. The van der Waals surface area contributed by atoms with Crippen LogP contribution in [0.2, 0.25) is 10.0 Å². The maximum atomic E-state index is 12.4. The van der Waals surface area contributed by atoms with Gasteiger partial charge in [0.25, 0.3) is 5.91 Å². The number of aromatic nitrogens is 1. The van der Waals surface area contributed by atoms with E-state index in [4.69, 9.17) is 23.2 Å². The van der Waals surface area contributed by atoms with Crippen LogP contribution < -0.4 is 10.0 Å². The normalized spacial score (nSPS) is 10.5.